The van der Waals surface area contributed by atoms with Crippen molar-refractivity contribution >= 4 is 44.9 Å². The first-order valence-electron chi connectivity index (χ1n) is 6.97. The van der Waals surface area contributed by atoms with Gasteiger partial charge in [0.15, 0.2) is 5.11 Å². The summed E-state index contributed by atoms with van der Waals surface area (Å²) in [5.74, 6) is -0.208. The number of hydrogen-bond donors (Lipinski definition) is 1. The third-order valence-electron chi connectivity index (χ3n) is 3.28. The predicted octanol–water partition coefficient (Wildman–Crippen LogP) is 4.30. The molecule has 0 aromatic heterocycles. The lowest BCUT2D eigenvalue weighted by Crippen LogP contribution is -2.42. The van der Waals surface area contributed by atoms with Gasteiger partial charge in [-0.2, -0.15) is 0 Å². The SMILES string of the molecule is CCN(C(=S)NC(=O)c1ccc(C)c(Br)c1)c1ccccc1. The zero-order valence-electron chi connectivity index (χ0n) is 12.5. The number of rotatable bonds is 3. The van der Waals surface area contributed by atoms with Gasteiger partial charge in [0.25, 0.3) is 5.91 Å². The van der Waals surface area contributed by atoms with Gasteiger partial charge in [-0.3, -0.25) is 10.1 Å². The Morgan fingerprint density at radius 3 is 2.50 bits per heavy atom. The number of anilines is 1. The molecule has 0 aliphatic carbocycles. The molecule has 22 heavy (non-hydrogen) atoms. The first kappa shape index (κ1) is 16.6. The first-order chi connectivity index (χ1) is 10.5. The molecule has 0 saturated carbocycles. The molecular weight excluding hydrogens is 360 g/mol. The lowest BCUT2D eigenvalue weighted by molar-refractivity contribution is 0.0977. The Hall–Kier alpha value is -1.72. The lowest BCUT2D eigenvalue weighted by atomic mass is 10.1. The molecule has 5 heteroatoms. The molecule has 2 aromatic rings. The predicted molar refractivity (Wildman–Crippen MR) is 98.4 cm³/mol. The molecule has 0 aliphatic heterocycles. The minimum atomic E-state index is -0.208. The maximum Gasteiger partial charge on any atom is 0.257 e. The van der Waals surface area contributed by atoms with Crippen molar-refractivity contribution in [3.05, 3.63) is 64.1 Å². The fourth-order valence-electron chi connectivity index (χ4n) is 2.02. The molecule has 0 atom stereocenters. The lowest BCUT2D eigenvalue weighted by Gasteiger charge is -2.23. The van der Waals surface area contributed by atoms with Gasteiger partial charge < -0.3 is 4.90 Å². The molecule has 3 nitrogen and oxygen atoms in total. The fourth-order valence-corrected chi connectivity index (χ4v) is 2.73. The fraction of sp³-hybridized carbons (Fsp3) is 0.176. The number of carbonyl (C=O) groups is 1. The summed E-state index contributed by atoms with van der Waals surface area (Å²) in [7, 11) is 0. The van der Waals surface area contributed by atoms with Crippen LogP contribution in [0.1, 0.15) is 22.8 Å². The summed E-state index contributed by atoms with van der Waals surface area (Å²) >= 11 is 8.81. The van der Waals surface area contributed by atoms with Crippen molar-refractivity contribution in [3.63, 3.8) is 0 Å². The summed E-state index contributed by atoms with van der Waals surface area (Å²) < 4.78 is 0.904. The van der Waals surface area contributed by atoms with Crippen LogP contribution in [0.25, 0.3) is 0 Å². The summed E-state index contributed by atoms with van der Waals surface area (Å²) in [5.41, 5.74) is 2.61. The van der Waals surface area contributed by atoms with E-state index in [0.29, 0.717) is 17.2 Å². The van der Waals surface area contributed by atoms with Gasteiger partial charge in [0.2, 0.25) is 0 Å². The molecule has 114 valence electrons. The summed E-state index contributed by atoms with van der Waals surface area (Å²) in [6.45, 7) is 4.65. The van der Waals surface area contributed by atoms with Gasteiger partial charge in [-0.05, 0) is 55.9 Å². The average Bonchev–Trinajstić information content (AvgIpc) is 2.51. The number of thiocarbonyl (C=S) groups is 1. The molecule has 1 amide bonds. The molecule has 2 rings (SSSR count). The molecule has 0 bridgehead atoms. The van der Waals surface area contributed by atoms with Gasteiger partial charge >= 0.3 is 0 Å². The second-order valence-electron chi connectivity index (χ2n) is 4.80. The number of amides is 1. The summed E-state index contributed by atoms with van der Waals surface area (Å²) in [6.07, 6.45) is 0. The largest absolute Gasteiger partial charge is 0.319 e. The van der Waals surface area contributed by atoms with Crippen LogP contribution in [-0.2, 0) is 0 Å². The van der Waals surface area contributed by atoms with E-state index in [1.807, 2.05) is 55.1 Å². The summed E-state index contributed by atoms with van der Waals surface area (Å²) in [6, 6.07) is 15.2. The van der Waals surface area contributed by atoms with Crippen LogP contribution >= 0.6 is 28.1 Å². The van der Waals surface area contributed by atoms with Gasteiger partial charge in [0.1, 0.15) is 0 Å². The summed E-state index contributed by atoms with van der Waals surface area (Å²) in [4.78, 5) is 14.2. The number of nitrogens with one attached hydrogen (secondary N) is 1. The highest BCUT2D eigenvalue weighted by Gasteiger charge is 2.14. The number of halogens is 1. The molecule has 1 N–H and O–H groups in total. The van der Waals surface area contributed by atoms with Crippen LogP contribution in [0.5, 0.6) is 0 Å². The van der Waals surface area contributed by atoms with Gasteiger partial charge in [-0.15, -0.1) is 0 Å². The molecule has 0 saturated heterocycles. The second kappa shape index (κ2) is 7.51. The van der Waals surface area contributed by atoms with Crippen LogP contribution in [0.4, 0.5) is 5.69 Å². The van der Waals surface area contributed by atoms with Crippen LogP contribution < -0.4 is 10.2 Å². The highest BCUT2D eigenvalue weighted by atomic mass is 79.9. The smallest absolute Gasteiger partial charge is 0.257 e. The molecule has 0 spiro atoms. The van der Waals surface area contributed by atoms with Crippen molar-refractivity contribution in [2.24, 2.45) is 0 Å². The topological polar surface area (TPSA) is 32.3 Å². The Bertz CT molecular complexity index is 688. The zero-order valence-corrected chi connectivity index (χ0v) is 14.9. The van der Waals surface area contributed by atoms with Crippen molar-refractivity contribution in [3.8, 4) is 0 Å². The van der Waals surface area contributed by atoms with E-state index in [2.05, 4.69) is 21.2 Å². The van der Waals surface area contributed by atoms with Crippen LogP contribution in [0, 0.1) is 6.92 Å². The van der Waals surface area contributed by atoms with E-state index < -0.39 is 0 Å². The van der Waals surface area contributed by atoms with Crippen LogP contribution in [0.15, 0.2) is 53.0 Å². The minimum Gasteiger partial charge on any atom is -0.319 e. The Balaban J connectivity index is 2.13. The minimum absolute atomic E-state index is 0.208. The molecule has 0 radical (unpaired) electrons. The maximum absolute atomic E-state index is 12.3. The third kappa shape index (κ3) is 3.93. The molecular formula is C17H17BrN2OS. The number of carbonyl (C=O) groups excluding carboxylic acids is 1. The Labute approximate surface area is 144 Å². The Morgan fingerprint density at radius 2 is 1.91 bits per heavy atom. The highest BCUT2D eigenvalue weighted by molar-refractivity contribution is 9.10. The second-order valence-corrected chi connectivity index (χ2v) is 6.04. The van der Waals surface area contributed by atoms with Crippen molar-refractivity contribution in [1.82, 2.24) is 5.32 Å². The van der Waals surface area contributed by atoms with E-state index in [-0.39, 0.29) is 5.91 Å². The van der Waals surface area contributed by atoms with E-state index in [1.165, 1.54) is 0 Å². The van der Waals surface area contributed by atoms with E-state index in [1.54, 1.807) is 12.1 Å². The average molecular weight is 377 g/mol. The number of nitrogens with zero attached hydrogens (tertiary/aromatic N) is 1. The van der Waals surface area contributed by atoms with E-state index in [9.17, 15) is 4.79 Å². The molecule has 0 unspecified atom stereocenters. The quantitative estimate of drug-likeness (QED) is 0.810. The molecule has 0 aliphatic rings. The van der Waals surface area contributed by atoms with Crippen molar-refractivity contribution in [2.45, 2.75) is 13.8 Å². The molecule has 0 fully saturated rings. The maximum atomic E-state index is 12.3. The van der Waals surface area contributed by atoms with E-state index in [4.69, 9.17) is 12.2 Å². The van der Waals surface area contributed by atoms with Crippen LogP contribution in [0.2, 0.25) is 0 Å². The van der Waals surface area contributed by atoms with Gasteiger partial charge in [0, 0.05) is 22.3 Å². The Kier molecular flexibility index (Phi) is 5.69. The molecule has 2 aromatic carbocycles. The van der Waals surface area contributed by atoms with Crippen molar-refractivity contribution in [1.29, 1.82) is 0 Å². The highest BCUT2D eigenvalue weighted by Crippen LogP contribution is 2.18. The molecule has 0 heterocycles. The standard InChI is InChI=1S/C17H17BrN2OS/c1-3-20(14-7-5-4-6-8-14)17(22)19-16(21)13-10-9-12(2)15(18)11-13/h4-11H,3H2,1-2H3,(H,19,21,22). The number of hydrogen-bond acceptors (Lipinski definition) is 2. The van der Waals surface area contributed by atoms with Gasteiger partial charge in [-0.1, -0.05) is 40.2 Å². The van der Waals surface area contributed by atoms with Crippen LogP contribution in [-0.4, -0.2) is 17.6 Å². The zero-order chi connectivity index (χ0) is 16.1. The Morgan fingerprint density at radius 1 is 1.23 bits per heavy atom. The van der Waals surface area contributed by atoms with Crippen molar-refractivity contribution < 1.29 is 4.79 Å². The van der Waals surface area contributed by atoms with E-state index in [0.717, 1.165) is 15.7 Å². The monoisotopic (exact) mass is 376 g/mol. The third-order valence-corrected chi connectivity index (χ3v) is 4.46. The van der Waals surface area contributed by atoms with E-state index >= 15 is 0 Å². The number of aryl methyl sites for hydroxylation is 1. The van der Waals surface area contributed by atoms with Crippen molar-refractivity contribution in [2.75, 3.05) is 11.4 Å². The number of benzene rings is 2. The normalized spacial score (nSPS) is 10.1. The van der Waals surface area contributed by atoms with Crippen LogP contribution in [0.3, 0.4) is 0 Å². The first-order valence-corrected chi connectivity index (χ1v) is 8.17. The number of para-hydroxylation sites is 1. The van der Waals surface area contributed by atoms with Gasteiger partial charge in [0.05, 0.1) is 0 Å². The van der Waals surface area contributed by atoms with Gasteiger partial charge in [-0.25, -0.2) is 0 Å². The summed E-state index contributed by atoms with van der Waals surface area (Å²) in [5, 5.41) is 3.19.